The molecule has 0 spiro atoms. The van der Waals surface area contributed by atoms with Crippen molar-refractivity contribution in [1.82, 2.24) is 0 Å². The van der Waals surface area contributed by atoms with Crippen LogP contribution in [0.3, 0.4) is 0 Å². The fourth-order valence-corrected chi connectivity index (χ4v) is 2.71. The summed E-state index contributed by atoms with van der Waals surface area (Å²) in [5, 5.41) is 9.39. The largest absolute Gasteiger partial charge is 0.430 e. The Hall–Kier alpha value is -1.77. The van der Waals surface area contributed by atoms with E-state index < -0.39 is 23.5 Å². The Kier molecular flexibility index (Phi) is 7.71. The number of carbonyl (C=O) groups excluding carboxylic acids is 1. The summed E-state index contributed by atoms with van der Waals surface area (Å²) in [4.78, 5) is 13.5. The predicted molar refractivity (Wildman–Crippen MR) is 89.2 cm³/mol. The van der Waals surface area contributed by atoms with Crippen LogP contribution in [0.1, 0.15) is 51.5 Å². The number of benzene rings is 1. The summed E-state index contributed by atoms with van der Waals surface area (Å²) < 4.78 is 77.4. The standard InChI is InChI=1S/C18H23F6NO2/c1-3-5-6-7-8-15(26)25(4-2)14-11-9-13(10-12-14)16(27,17(19,20)21)18(22,23)24/h9-12,27H,3-8H2,1-2H3. The summed E-state index contributed by atoms with van der Waals surface area (Å²) in [6.07, 6.45) is -8.15. The van der Waals surface area contributed by atoms with Gasteiger partial charge in [-0.3, -0.25) is 4.79 Å². The van der Waals surface area contributed by atoms with E-state index >= 15 is 0 Å². The lowest BCUT2D eigenvalue weighted by Gasteiger charge is -2.33. The van der Waals surface area contributed by atoms with Crippen molar-refractivity contribution in [2.75, 3.05) is 11.4 Å². The van der Waals surface area contributed by atoms with Crippen LogP contribution in [-0.2, 0) is 10.4 Å². The Morgan fingerprint density at radius 1 is 0.926 bits per heavy atom. The second kappa shape index (κ2) is 8.95. The first kappa shape index (κ1) is 23.3. The van der Waals surface area contributed by atoms with E-state index in [4.69, 9.17) is 0 Å². The van der Waals surface area contributed by atoms with Crippen LogP contribution in [0.2, 0.25) is 0 Å². The van der Waals surface area contributed by atoms with Gasteiger partial charge in [-0.15, -0.1) is 0 Å². The molecule has 1 rings (SSSR count). The molecule has 0 bridgehead atoms. The zero-order chi connectivity index (χ0) is 20.9. The Morgan fingerprint density at radius 2 is 1.44 bits per heavy atom. The maximum Gasteiger partial charge on any atom is 0.430 e. The van der Waals surface area contributed by atoms with Crippen molar-refractivity contribution < 1.29 is 36.2 Å². The highest BCUT2D eigenvalue weighted by molar-refractivity contribution is 5.93. The van der Waals surface area contributed by atoms with E-state index in [0.29, 0.717) is 18.6 Å². The second-order valence-electron chi connectivity index (χ2n) is 6.20. The summed E-state index contributed by atoms with van der Waals surface area (Å²) in [6, 6.07) is 3.04. The van der Waals surface area contributed by atoms with E-state index in [2.05, 4.69) is 0 Å². The molecule has 0 saturated heterocycles. The van der Waals surface area contributed by atoms with Crippen LogP contribution >= 0.6 is 0 Å². The van der Waals surface area contributed by atoms with Gasteiger partial charge < -0.3 is 10.0 Å². The summed E-state index contributed by atoms with van der Waals surface area (Å²) in [6.45, 7) is 3.89. The van der Waals surface area contributed by atoms with Gasteiger partial charge in [0, 0.05) is 24.2 Å². The molecule has 0 aliphatic carbocycles. The first-order valence-corrected chi connectivity index (χ1v) is 8.66. The number of hydrogen-bond donors (Lipinski definition) is 1. The van der Waals surface area contributed by atoms with Gasteiger partial charge in [-0.25, -0.2) is 0 Å². The molecule has 1 N–H and O–H groups in total. The van der Waals surface area contributed by atoms with Crippen LogP contribution in [-0.4, -0.2) is 29.9 Å². The van der Waals surface area contributed by atoms with E-state index in [1.807, 2.05) is 6.92 Å². The molecular formula is C18H23F6NO2. The molecule has 9 heteroatoms. The molecule has 0 heterocycles. The number of nitrogens with zero attached hydrogens (tertiary/aromatic N) is 1. The smallest absolute Gasteiger partial charge is 0.369 e. The molecule has 0 atom stereocenters. The van der Waals surface area contributed by atoms with Gasteiger partial charge in [0.05, 0.1) is 0 Å². The molecule has 1 aromatic rings. The molecule has 0 saturated carbocycles. The number of carbonyl (C=O) groups is 1. The van der Waals surface area contributed by atoms with Crippen molar-refractivity contribution in [3.63, 3.8) is 0 Å². The number of hydrogen-bond acceptors (Lipinski definition) is 2. The van der Waals surface area contributed by atoms with Gasteiger partial charge in [-0.2, -0.15) is 26.3 Å². The Labute approximate surface area is 154 Å². The number of anilines is 1. The molecule has 0 aromatic heterocycles. The van der Waals surface area contributed by atoms with Crippen molar-refractivity contribution in [2.45, 2.75) is 63.9 Å². The average Bonchev–Trinajstić information content (AvgIpc) is 2.57. The number of unbranched alkanes of at least 4 members (excludes halogenated alkanes) is 3. The van der Waals surface area contributed by atoms with Crippen molar-refractivity contribution in [3.8, 4) is 0 Å². The van der Waals surface area contributed by atoms with Crippen LogP contribution in [0.25, 0.3) is 0 Å². The van der Waals surface area contributed by atoms with E-state index in [9.17, 15) is 36.2 Å². The Balaban J connectivity index is 3.06. The third-order valence-corrected chi connectivity index (χ3v) is 4.28. The summed E-state index contributed by atoms with van der Waals surface area (Å²) in [5.41, 5.74) is -6.15. The lowest BCUT2D eigenvalue weighted by atomic mass is 9.92. The summed E-state index contributed by atoms with van der Waals surface area (Å²) in [5.74, 6) is -0.261. The lowest BCUT2D eigenvalue weighted by Crippen LogP contribution is -2.53. The van der Waals surface area contributed by atoms with Gasteiger partial charge in [-0.05, 0) is 25.5 Å². The topological polar surface area (TPSA) is 40.5 Å². The van der Waals surface area contributed by atoms with Crippen molar-refractivity contribution in [2.24, 2.45) is 0 Å². The Bertz CT molecular complexity index is 596. The third-order valence-electron chi connectivity index (χ3n) is 4.28. The molecule has 0 aliphatic rings. The second-order valence-corrected chi connectivity index (χ2v) is 6.20. The molecule has 27 heavy (non-hydrogen) atoms. The lowest BCUT2D eigenvalue weighted by molar-refractivity contribution is -0.376. The number of halogens is 6. The van der Waals surface area contributed by atoms with E-state index in [1.54, 1.807) is 6.92 Å². The SMILES string of the molecule is CCCCCCC(=O)N(CC)c1ccc(C(O)(C(F)(F)F)C(F)(F)F)cc1. The number of rotatable bonds is 8. The molecule has 0 aliphatic heterocycles. The number of alkyl halides is 6. The molecule has 3 nitrogen and oxygen atoms in total. The molecule has 1 aromatic carbocycles. The van der Waals surface area contributed by atoms with Crippen LogP contribution in [0.5, 0.6) is 0 Å². The van der Waals surface area contributed by atoms with E-state index in [-0.39, 0.29) is 24.6 Å². The highest BCUT2D eigenvalue weighted by atomic mass is 19.4. The molecule has 1 amide bonds. The maximum absolute atomic E-state index is 12.9. The predicted octanol–water partition coefficient (Wildman–Crippen LogP) is 5.32. The minimum atomic E-state index is -5.94. The monoisotopic (exact) mass is 399 g/mol. The molecule has 0 fully saturated rings. The first-order chi connectivity index (χ1) is 12.4. The number of aliphatic hydroxyl groups is 1. The molecule has 0 radical (unpaired) electrons. The minimum absolute atomic E-state index is 0.174. The number of amides is 1. The fraction of sp³-hybridized carbons (Fsp3) is 0.611. The van der Waals surface area contributed by atoms with Crippen LogP contribution in [0.15, 0.2) is 24.3 Å². The molecular weight excluding hydrogens is 376 g/mol. The molecule has 154 valence electrons. The maximum atomic E-state index is 12.9. The zero-order valence-corrected chi connectivity index (χ0v) is 15.1. The van der Waals surface area contributed by atoms with Gasteiger partial charge in [0.1, 0.15) is 0 Å². The van der Waals surface area contributed by atoms with Gasteiger partial charge in [0.25, 0.3) is 5.60 Å². The van der Waals surface area contributed by atoms with Crippen LogP contribution in [0.4, 0.5) is 32.0 Å². The quantitative estimate of drug-likeness (QED) is 0.475. The Morgan fingerprint density at radius 3 is 1.85 bits per heavy atom. The first-order valence-electron chi connectivity index (χ1n) is 8.66. The van der Waals surface area contributed by atoms with Gasteiger partial charge >= 0.3 is 12.4 Å². The van der Waals surface area contributed by atoms with Crippen molar-refractivity contribution in [1.29, 1.82) is 0 Å². The highest BCUT2D eigenvalue weighted by Gasteiger charge is 2.71. The van der Waals surface area contributed by atoms with Crippen molar-refractivity contribution in [3.05, 3.63) is 29.8 Å². The van der Waals surface area contributed by atoms with Crippen LogP contribution in [0, 0.1) is 0 Å². The molecule has 0 unspecified atom stereocenters. The highest BCUT2D eigenvalue weighted by Crippen LogP contribution is 2.50. The van der Waals surface area contributed by atoms with E-state index in [1.165, 1.54) is 4.90 Å². The van der Waals surface area contributed by atoms with Gasteiger partial charge in [0.2, 0.25) is 5.91 Å². The minimum Gasteiger partial charge on any atom is -0.369 e. The zero-order valence-electron chi connectivity index (χ0n) is 15.1. The fourth-order valence-electron chi connectivity index (χ4n) is 2.71. The normalized spacial score (nSPS) is 12.9. The van der Waals surface area contributed by atoms with Crippen LogP contribution < -0.4 is 4.90 Å². The van der Waals surface area contributed by atoms with E-state index in [0.717, 1.165) is 31.4 Å². The summed E-state index contributed by atoms with van der Waals surface area (Å²) >= 11 is 0. The van der Waals surface area contributed by atoms with Gasteiger partial charge in [-0.1, -0.05) is 38.3 Å². The van der Waals surface area contributed by atoms with Gasteiger partial charge in [0.15, 0.2) is 0 Å². The summed E-state index contributed by atoms with van der Waals surface area (Å²) in [7, 11) is 0. The third kappa shape index (κ3) is 5.15. The van der Waals surface area contributed by atoms with Crippen molar-refractivity contribution >= 4 is 11.6 Å². The average molecular weight is 399 g/mol.